The van der Waals surface area contributed by atoms with E-state index in [-0.39, 0.29) is 30.2 Å². The molecule has 160 valence electrons. The van der Waals surface area contributed by atoms with Crippen LogP contribution in [0.4, 0.5) is 0 Å². The van der Waals surface area contributed by atoms with Gasteiger partial charge in [-0.15, -0.1) is 0 Å². The SMILES string of the molecule is CCOC(=O)C1CCCN(C(=O)CN(C)C(=O)c2ccc(Cn3ccnc3)cc2)C1. The molecule has 0 bridgehead atoms. The fourth-order valence-electron chi connectivity index (χ4n) is 3.60. The summed E-state index contributed by atoms with van der Waals surface area (Å²) >= 11 is 0. The van der Waals surface area contributed by atoms with Crippen LogP contribution in [0.3, 0.4) is 0 Å². The zero-order valence-electron chi connectivity index (χ0n) is 17.5. The number of likely N-dealkylation sites (tertiary alicyclic amines) is 1. The lowest BCUT2D eigenvalue weighted by atomic mass is 9.98. The molecule has 2 aromatic rings. The normalized spacial score (nSPS) is 16.2. The van der Waals surface area contributed by atoms with Gasteiger partial charge in [-0.1, -0.05) is 12.1 Å². The molecular formula is C22H28N4O4. The quantitative estimate of drug-likeness (QED) is 0.648. The highest BCUT2D eigenvalue weighted by Crippen LogP contribution is 2.18. The summed E-state index contributed by atoms with van der Waals surface area (Å²) < 4.78 is 7.03. The van der Waals surface area contributed by atoms with Gasteiger partial charge in [-0.3, -0.25) is 14.4 Å². The maximum atomic E-state index is 12.7. The van der Waals surface area contributed by atoms with Crippen LogP contribution in [0.5, 0.6) is 0 Å². The Bertz CT molecular complexity index is 864. The first-order valence-electron chi connectivity index (χ1n) is 10.2. The number of rotatable bonds is 7. The molecule has 1 atom stereocenters. The molecule has 1 unspecified atom stereocenters. The molecule has 0 saturated carbocycles. The summed E-state index contributed by atoms with van der Waals surface area (Å²) in [5, 5.41) is 0. The fourth-order valence-corrected chi connectivity index (χ4v) is 3.60. The Balaban J connectivity index is 1.54. The van der Waals surface area contributed by atoms with E-state index in [1.54, 1.807) is 43.5 Å². The van der Waals surface area contributed by atoms with Gasteiger partial charge in [0.05, 0.1) is 25.4 Å². The van der Waals surface area contributed by atoms with Gasteiger partial charge in [-0.05, 0) is 37.5 Å². The lowest BCUT2D eigenvalue weighted by molar-refractivity contribution is -0.151. The number of hydrogen-bond acceptors (Lipinski definition) is 5. The average molecular weight is 412 g/mol. The van der Waals surface area contributed by atoms with E-state index < -0.39 is 0 Å². The van der Waals surface area contributed by atoms with Crippen molar-refractivity contribution in [3.05, 3.63) is 54.1 Å². The van der Waals surface area contributed by atoms with Crippen LogP contribution in [-0.4, -0.2) is 70.4 Å². The molecule has 0 spiro atoms. The maximum absolute atomic E-state index is 12.7. The first-order chi connectivity index (χ1) is 14.5. The first-order valence-corrected chi connectivity index (χ1v) is 10.2. The van der Waals surface area contributed by atoms with Crippen LogP contribution in [0.2, 0.25) is 0 Å². The molecule has 1 aliphatic heterocycles. The summed E-state index contributed by atoms with van der Waals surface area (Å²) in [6.45, 7) is 3.71. The lowest BCUT2D eigenvalue weighted by Crippen LogP contribution is -2.47. The number of benzene rings is 1. The van der Waals surface area contributed by atoms with Crippen molar-refractivity contribution in [3.63, 3.8) is 0 Å². The Labute approximate surface area is 176 Å². The summed E-state index contributed by atoms with van der Waals surface area (Å²) in [6.07, 6.45) is 6.83. The van der Waals surface area contributed by atoms with Crippen LogP contribution in [0.1, 0.15) is 35.7 Å². The van der Waals surface area contributed by atoms with Gasteiger partial charge >= 0.3 is 5.97 Å². The molecule has 1 aromatic heterocycles. The van der Waals surface area contributed by atoms with Gasteiger partial charge in [0.1, 0.15) is 0 Å². The summed E-state index contributed by atoms with van der Waals surface area (Å²) in [6, 6.07) is 7.34. The second-order valence-corrected chi connectivity index (χ2v) is 7.52. The molecule has 1 fully saturated rings. The summed E-state index contributed by atoms with van der Waals surface area (Å²) in [7, 11) is 1.62. The monoisotopic (exact) mass is 412 g/mol. The molecule has 2 amide bonds. The van der Waals surface area contributed by atoms with Crippen LogP contribution in [-0.2, 0) is 20.9 Å². The second-order valence-electron chi connectivity index (χ2n) is 7.52. The van der Waals surface area contributed by atoms with Crippen molar-refractivity contribution in [3.8, 4) is 0 Å². The van der Waals surface area contributed by atoms with Gasteiger partial charge in [-0.25, -0.2) is 4.98 Å². The Hall–Kier alpha value is -3.16. The van der Waals surface area contributed by atoms with Gasteiger partial charge in [0, 0.05) is 44.6 Å². The summed E-state index contributed by atoms with van der Waals surface area (Å²) in [5.74, 6) is -0.907. The number of carbonyl (C=O) groups is 3. The third-order valence-electron chi connectivity index (χ3n) is 5.24. The zero-order valence-corrected chi connectivity index (χ0v) is 17.5. The molecule has 8 nitrogen and oxygen atoms in total. The molecule has 3 rings (SSSR count). The standard InChI is InChI=1S/C22H28N4O4/c1-3-30-22(29)19-5-4-11-26(14-19)20(27)15-24(2)21(28)18-8-6-17(7-9-18)13-25-12-10-23-16-25/h6-10,12,16,19H,3-5,11,13-15H2,1-2H3. The van der Waals surface area contributed by atoms with Crippen LogP contribution >= 0.6 is 0 Å². The molecule has 0 aliphatic carbocycles. The Morgan fingerprint density at radius 1 is 1.23 bits per heavy atom. The number of esters is 1. The van der Waals surface area contributed by atoms with Gasteiger partial charge in [0.2, 0.25) is 5.91 Å². The first kappa shape index (κ1) is 21.5. The van der Waals surface area contributed by atoms with Crippen molar-refractivity contribution in [2.45, 2.75) is 26.3 Å². The summed E-state index contributed by atoms with van der Waals surface area (Å²) in [4.78, 5) is 44.5. The Morgan fingerprint density at radius 2 is 2.00 bits per heavy atom. The Morgan fingerprint density at radius 3 is 2.67 bits per heavy atom. The minimum absolute atomic E-state index is 0.0227. The van der Waals surface area contributed by atoms with E-state index in [0.29, 0.717) is 31.8 Å². The molecule has 8 heteroatoms. The lowest BCUT2D eigenvalue weighted by Gasteiger charge is -2.32. The third kappa shape index (κ3) is 5.46. The van der Waals surface area contributed by atoms with Gasteiger partial charge in [0.15, 0.2) is 0 Å². The van der Waals surface area contributed by atoms with E-state index in [1.165, 1.54) is 4.90 Å². The zero-order chi connectivity index (χ0) is 21.5. The number of piperidine rings is 1. The highest BCUT2D eigenvalue weighted by atomic mass is 16.5. The van der Waals surface area contributed by atoms with Crippen LogP contribution in [0.15, 0.2) is 43.0 Å². The maximum Gasteiger partial charge on any atom is 0.310 e. The van der Waals surface area contributed by atoms with E-state index in [9.17, 15) is 14.4 Å². The number of imidazole rings is 1. The number of aromatic nitrogens is 2. The molecule has 30 heavy (non-hydrogen) atoms. The predicted octanol–water partition coefficient (Wildman–Crippen LogP) is 1.81. The number of amides is 2. The molecule has 0 radical (unpaired) electrons. The van der Waals surface area contributed by atoms with E-state index in [4.69, 9.17) is 4.74 Å². The molecule has 1 aromatic carbocycles. The van der Waals surface area contributed by atoms with Crippen molar-refractivity contribution < 1.29 is 19.1 Å². The number of hydrogen-bond donors (Lipinski definition) is 0. The van der Waals surface area contributed by atoms with E-state index in [1.807, 2.05) is 22.9 Å². The fraction of sp³-hybridized carbons (Fsp3) is 0.455. The average Bonchev–Trinajstić information content (AvgIpc) is 3.27. The highest BCUT2D eigenvalue weighted by molar-refractivity contribution is 5.96. The second kappa shape index (κ2) is 10.0. The van der Waals surface area contributed by atoms with Crippen molar-refractivity contribution >= 4 is 17.8 Å². The van der Waals surface area contributed by atoms with Crippen molar-refractivity contribution in [2.75, 3.05) is 33.3 Å². The smallest absolute Gasteiger partial charge is 0.310 e. The number of ether oxygens (including phenoxy) is 1. The van der Waals surface area contributed by atoms with E-state index in [2.05, 4.69) is 4.98 Å². The largest absolute Gasteiger partial charge is 0.466 e. The number of likely N-dealkylation sites (N-methyl/N-ethyl adjacent to an activating group) is 1. The molecular weight excluding hydrogens is 384 g/mol. The molecule has 1 aliphatic rings. The van der Waals surface area contributed by atoms with Gasteiger partial charge in [0.25, 0.3) is 5.91 Å². The van der Waals surface area contributed by atoms with Crippen LogP contribution < -0.4 is 0 Å². The van der Waals surface area contributed by atoms with Crippen molar-refractivity contribution in [2.24, 2.45) is 5.92 Å². The Kier molecular flexibility index (Phi) is 7.21. The van der Waals surface area contributed by atoms with Crippen LogP contribution in [0.25, 0.3) is 0 Å². The minimum atomic E-state index is -0.285. The summed E-state index contributed by atoms with van der Waals surface area (Å²) in [5.41, 5.74) is 1.59. The highest BCUT2D eigenvalue weighted by Gasteiger charge is 2.30. The van der Waals surface area contributed by atoms with Gasteiger partial charge < -0.3 is 19.1 Å². The third-order valence-corrected chi connectivity index (χ3v) is 5.24. The van der Waals surface area contributed by atoms with E-state index in [0.717, 1.165) is 18.4 Å². The van der Waals surface area contributed by atoms with E-state index >= 15 is 0 Å². The number of nitrogens with zero attached hydrogens (tertiary/aromatic N) is 4. The topological polar surface area (TPSA) is 84.7 Å². The van der Waals surface area contributed by atoms with Crippen LogP contribution in [0, 0.1) is 5.92 Å². The minimum Gasteiger partial charge on any atom is -0.466 e. The van der Waals surface area contributed by atoms with Crippen molar-refractivity contribution in [1.29, 1.82) is 0 Å². The van der Waals surface area contributed by atoms with Gasteiger partial charge in [-0.2, -0.15) is 0 Å². The molecule has 0 N–H and O–H groups in total. The molecule has 2 heterocycles. The number of carbonyl (C=O) groups excluding carboxylic acids is 3. The predicted molar refractivity (Wildman–Crippen MR) is 111 cm³/mol. The molecule has 1 saturated heterocycles. The van der Waals surface area contributed by atoms with Crippen molar-refractivity contribution in [1.82, 2.24) is 19.4 Å².